The average Bonchev–Trinajstić information content (AvgIpc) is 2.47. The van der Waals surface area contributed by atoms with Gasteiger partial charge in [-0.05, 0) is 32.9 Å². The molecule has 0 saturated heterocycles. The Morgan fingerprint density at radius 1 is 1.12 bits per heavy atom. The zero-order valence-corrected chi connectivity index (χ0v) is 18.4. The van der Waals surface area contributed by atoms with Gasteiger partial charge in [-0.3, -0.25) is 0 Å². The highest BCUT2D eigenvalue weighted by Gasteiger charge is 2.23. The van der Waals surface area contributed by atoms with Crippen molar-refractivity contribution in [1.29, 1.82) is 0 Å². The summed E-state index contributed by atoms with van der Waals surface area (Å²) in [6.45, 7) is 11.8. The second-order valence-corrected chi connectivity index (χ2v) is 14.5. The van der Waals surface area contributed by atoms with Crippen LogP contribution in [0.3, 0.4) is 0 Å². The quantitative estimate of drug-likeness (QED) is 0.620. The van der Waals surface area contributed by atoms with Crippen LogP contribution in [0.25, 0.3) is 0 Å². The Morgan fingerprint density at radius 2 is 1.69 bits per heavy atom. The highest BCUT2D eigenvalue weighted by Crippen LogP contribution is 2.16. The molecule has 0 spiro atoms. The molecular weight excluding hydrogens is 362 g/mol. The van der Waals surface area contributed by atoms with Crippen molar-refractivity contribution in [2.45, 2.75) is 57.3 Å². The molecule has 4 nitrogen and oxygen atoms in total. The zero-order valence-electron chi connectivity index (χ0n) is 16.5. The van der Waals surface area contributed by atoms with E-state index >= 15 is 0 Å². The third-order valence-corrected chi connectivity index (χ3v) is 6.04. The van der Waals surface area contributed by atoms with E-state index in [1.165, 1.54) is 4.31 Å². The first-order valence-corrected chi connectivity index (χ1v) is 13.5. The van der Waals surface area contributed by atoms with Gasteiger partial charge in [-0.1, -0.05) is 55.1 Å². The maximum Gasteiger partial charge on any atom is 0.243 e. The van der Waals surface area contributed by atoms with Crippen molar-refractivity contribution in [2.24, 2.45) is 0 Å². The van der Waals surface area contributed by atoms with Crippen LogP contribution in [0.2, 0.25) is 19.6 Å². The van der Waals surface area contributed by atoms with Crippen molar-refractivity contribution in [2.75, 3.05) is 13.1 Å². The van der Waals surface area contributed by atoms with Crippen molar-refractivity contribution in [3.05, 3.63) is 29.8 Å². The molecule has 1 aromatic carbocycles. The second-order valence-electron chi connectivity index (χ2n) is 7.81. The summed E-state index contributed by atoms with van der Waals surface area (Å²) in [6, 6.07) is 6.80. The Kier molecular flexibility index (Phi) is 7.67. The van der Waals surface area contributed by atoms with Crippen molar-refractivity contribution < 1.29 is 13.5 Å². The van der Waals surface area contributed by atoms with Crippen molar-refractivity contribution in [3.63, 3.8) is 0 Å². The van der Waals surface area contributed by atoms with Gasteiger partial charge in [-0.15, -0.1) is 5.54 Å². The monoisotopic (exact) mass is 391 g/mol. The molecule has 0 aliphatic rings. The van der Waals surface area contributed by atoms with Gasteiger partial charge < -0.3 is 5.11 Å². The molecule has 0 unspecified atom stereocenters. The predicted molar refractivity (Wildman–Crippen MR) is 110 cm³/mol. The summed E-state index contributed by atoms with van der Waals surface area (Å²) in [5.41, 5.74) is 3.13. The van der Waals surface area contributed by atoms with Crippen molar-refractivity contribution in [3.8, 4) is 23.3 Å². The molecule has 0 saturated carbocycles. The van der Waals surface area contributed by atoms with E-state index in [2.05, 4.69) is 42.9 Å². The van der Waals surface area contributed by atoms with Gasteiger partial charge in [-0.2, -0.15) is 4.31 Å². The van der Waals surface area contributed by atoms with E-state index in [-0.39, 0.29) is 18.0 Å². The van der Waals surface area contributed by atoms with Crippen LogP contribution < -0.4 is 0 Å². The van der Waals surface area contributed by atoms with E-state index in [0.29, 0.717) is 6.42 Å². The molecule has 0 aliphatic heterocycles. The minimum atomic E-state index is -3.64. The zero-order chi connectivity index (χ0) is 20.0. The number of nitrogens with zero attached hydrogens (tertiary/aromatic N) is 1. The van der Waals surface area contributed by atoms with Crippen molar-refractivity contribution in [1.82, 2.24) is 4.31 Å². The van der Waals surface area contributed by atoms with Gasteiger partial charge in [0.15, 0.2) is 0 Å². The summed E-state index contributed by atoms with van der Waals surface area (Å²) in [7, 11) is -5.21. The normalized spacial score (nSPS) is 12.2. The van der Waals surface area contributed by atoms with Gasteiger partial charge in [0.1, 0.15) is 13.7 Å². The molecule has 0 fully saturated rings. The van der Waals surface area contributed by atoms with Crippen LogP contribution in [0.5, 0.6) is 0 Å². The lowest BCUT2D eigenvalue weighted by Crippen LogP contribution is -2.33. The van der Waals surface area contributed by atoms with Gasteiger partial charge in [0.05, 0.1) is 11.4 Å². The number of aryl methyl sites for hydroxylation is 1. The smallest absolute Gasteiger partial charge is 0.243 e. The minimum absolute atomic E-state index is 0.144. The van der Waals surface area contributed by atoms with Crippen LogP contribution >= 0.6 is 0 Å². The summed E-state index contributed by atoms with van der Waals surface area (Å²) >= 11 is 0. The largest absolute Gasteiger partial charge is 0.378 e. The Balaban J connectivity index is 3.06. The Morgan fingerprint density at radius 3 is 2.19 bits per heavy atom. The van der Waals surface area contributed by atoms with Gasteiger partial charge in [0.25, 0.3) is 0 Å². The first kappa shape index (κ1) is 22.5. The highest BCUT2D eigenvalue weighted by molar-refractivity contribution is 7.89. The SMILES string of the molecule is Cc1ccc(S(=O)(=O)N(CC#C[Si](C)(C)C)CCC#CC(C)(C)O)cc1. The number of rotatable bonds is 5. The second kappa shape index (κ2) is 8.88. The first-order chi connectivity index (χ1) is 11.8. The molecule has 0 amide bonds. The number of aliphatic hydroxyl groups is 1. The molecule has 1 N–H and O–H groups in total. The molecule has 6 heteroatoms. The van der Waals surface area contributed by atoms with Crippen LogP contribution in [0.15, 0.2) is 29.2 Å². The summed E-state index contributed by atoms with van der Waals surface area (Å²) in [6.07, 6.45) is 0.337. The van der Waals surface area contributed by atoms with Crippen LogP contribution in [0, 0.1) is 30.2 Å². The molecule has 0 atom stereocenters. The van der Waals surface area contributed by atoms with Crippen LogP contribution in [-0.4, -0.2) is 44.6 Å². The van der Waals surface area contributed by atoms with Crippen LogP contribution in [-0.2, 0) is 10.0 Å². The van der Waals surface area contributed by atoms with Gasteiger partial charge in [0, 0.05) is 13.0 Å². The lowest BCUT2D eigenvalue weighted by atomic mass is 10.1. The van der Waals surface area contributed by atoms with Crippen LogP contribution in [0.4, 0.5) is 0 Å². The fraction of sp³-hybridized carbons (Fsp3) is 0.500. The van der Waals surface area contributed by atoms with Gasteiger partial charge >= 0.3 is 0 Å². The van der Waals surface area contributed by atoms with Gasteiger partial charge in [-0.25, -0.2) is 8.42 Å². The maximum atomic E-state index is 13.0. The summed E-state index contributed by atoms with van der Waals surface area (Å²) in [4.78, 5) is 0.258. The molecule has 1 aromatic rings. The fourth-order valence-corrected chi connectivity index (χ4v) is 3.95. The molecule has 0 aromatic heterocycles. The average molecular weight is 392 g/mol. The van der Waals surface area contributed by atoms with Gasteiger partial charge in [0.2, 0.25) is 10.0 Å². The Labute approximate surface area is 159 Å². The number of hydrogen-bond acceptors (Lipinski definition) is 3. The highest BCUT2D eigenvalue weighted by atomic mass is 32.2. The molecule has 142 valence electrons. The Hall–Kier alpha value is -1.57. The standard InChI is InChI=1S/C20H29NO3SSi/c1-18-10-12-19(13-11-18)25(23,24)21(16-9-17-26(4,5)6)15-8-7-14-20(2,3)22/h10-13,22H,8,15-16H2,1-6H3. The number of benzene rings is 1. The lowest BCUT2D eigenvalue weighted by Gasteiger charge is -2.19. The minimum Gasteiger partial charge on any atom is -0.378 e. The third-order valence-electron chi connectivity index (χ3n) is 3.26. The first-order valence-electron chi connectivity index (χ1n) is 8.60. The lowest BCUT2D eigenvalue weighted by molar-refractivity contribution is 0.143. The van der Waals surface area contributed by atoms with E-state index in [9.17, 15) is 13.5 Å². The van der Waals surface area contributed by atoms with Crippen molar-refractivity contribution >= 4 is 18.1 Å². The van der Waals surface area contributed by atoms with E-state index in [4.69, 9.17) is 0 Å². The summed E-state index contributed by atoms with van der Waals surface area (Å²) in [5, 5.41) is 9.65. The molecule has 1 rings (SSSR count). The maximum absolute atomic E-state index is 13.0. The molecule has 0 aliphatic carbocycles. The molecule has 0 bridgehead atoms. The van der Waals surface area contributed by atoms with E-state index in [0.717, 1.165) is 5.56 Å². The fourth-order valence-electron chi connectivity index (χ4n) is 2.00. The predicted octanol–water partition coefficient (Wildman–Crippen LogP) is 3.03. The molecular formula is C20H29NO3SSi. The number of hydrogen-bond donors (Lipinski definition) is 1. The molecule has 0 heterocycles. The third kappa shape index (κ3) is 8.20. The molecule has 0 radical (unpaired) electrons. The topological polar surface area (TPSA) is 57.6 Å². The molecule has 26 heavy (non-hydrogen) atoms. The Bertz CT molecular complexity index is 824. The van der Waals surface area contributed by atoms with E-state index < -0.39 is 23.7 Å². The summed E-state index contributed by atoms with van der Waals surface area (Å²) in [5.74, 6) is 8.59. The number of sulfonamides is 1. The summed E-state index contributed by atoms with van der Waals surface area (Å²) < 4.78 is 27.3. The van der Waals surface area contributed by atoms with E-state index in [1.54, 1.807) is 38.1 Å². The van der Waals surface area contributed by atoms with Crippen LogP contribution in [0.1, 0.15) is 25.8 Å². The van der Waals surface area contributed by atoms with E-state index in [1.807, 2.05) is 6.92 Å².